The summed E-state index contributed by atoms with van der Waals surface area (Å²) < 4.78 is 11.5. The lowest BCUT2D eigenvalue weighted by Gasteiger charge is -2.41. The van der Waals surface area contributed by atoms with Crippen molar-refractivity contribution >= 4 is 0 Å². The Morgan fingerprint density at radius 3 is 2.83 bits per heavy atom. The highest BCUT2D eigenvalue weighted by atomic mass is 16.5. The molecule has 18 heavy (non-hydrogen) atoms. The maximum atomic E-state index is 10.3. The molecule has 1 aromatic carbocycles. The fraction of sp³-hybridized carbons (Fsp3) is 0.600. The van der Waals surface area contributed by atoms with Crippen LogP contribution in [0, 0.1) is 5.92 Å². The summed E-state index contributed by atoms with van der Waals surface area (Å²) in [6, 6.07) is 5.68. The van der Waals surface area contributed by atoms with Crippen LogP contribution in [0.15, 0.2) is 18.2 Å². The summed E-state index contributed by atoms with van der Waals surface area (Å²) in [6.07, 6.45) is 3.69. The fourth-order valence-corrected chi connectivity index (χ4v) is 3.07. The highest BCUT2D eigenvalue weighted by Gasteiger charge is 2.50. The van der Waals surface area contributed by atoms with Crippen molar-refractivity contribution in [2.45, 2.75) is 44.3 Å². The number of ether oxygens (including phenoxy) is 2. The van der Waals surface area contributed by atoms with Gasteiger partial charge in [-0.15, -0.1) is 0 Å². The highest BCUT2D eigenvalue weighted by Crippen LogP contribution is 2.52. The first-order valence-electron chi connectivity index (χ1n) is 6.73. The molecule has 0 amide bonds. The molecule has 0 aromatic heterocycles. The van der Waals surface area contributed by atoms with E-state index in [2.05, 4.69) is 6.92 Å². The lowest BCUT2D eigenvalue weighted by molar-refractivity contribution is -0.0329. The first kappa shape index (κ1) is 11.8. The van der Waals surface area contributed by atoms with Crippen molar-refractivity contribution in [2.24, 2.45) is 5.92 Å². The van der Waals surface area contributed by atoms with Crippen molar-refractivity contribution in [3.05, 3.63) is 23.8 Å². The zero-order chi connectivity index (χ0) is 12.8. The van der Waals surface area contributed by atoms with Crippen LogP contribution >= 0.6 is 0 Å². The van der Waals surface area contributed by atoms with Crippen LogP contribution in [-0.2, 0) is 0 Å². The lowest BCUT2D eigenvalue weighted by atomic mass is 9.83. The molecule has 0 bridgehead atoms. The molecule has 3 nitrogen and oxygen atoms in total. The van der Waals surface area contributed by atoms with Gasteiger partial charge in [-0.1, -0.05) is 6.92 Å². The van der Waals surface area contributed by atoms with Crippen LogP contribution < -0.4 is 9.47 Å². The molecule has 1 aromatic rings. The molecule has 0 saturated heterocycles. The molecule has 1 aliphatic carbocycles. The van der Waals surface area contributed by atoms with Gasteiger partial charge in [0, 0.05) is 18.1 Å². The van der Waals surface area contributed by atoms with Gasteiger partial charge in [-0.25, -0.2) is 0 Å². The summed E-state index contributed by atoms with van der Waals surface area (Å²) in [5, 5.41) is 10.3. The molecule has 3 heteroatoms. The fourth-order valence-electron chi connectivity index (χ4n) is 3.07. The number of rotatable bonds is 3. The number of hydrogen-bond donors (Lipinski definition) is 1. The van der Waals surface area contributed by atoms with Crippen LogP contribution in [0.5, 0.6) is 11.5 Å². The van der Waals surface area contributed by atoms with Gasteiger partial charge in [-0.05, 0) is 37.3 Å². The summed E-state index contributed by atoms with van der Waals surface area (Å²) in [7, 11) is 1.65. The second-order valence-electron chi connectivity index (χ2n) is 5.42. The first-order chi connectivity index (χ1) is 8.68. The molecule has 2 atom stereocenters. The van der Waals surface area contributed by atoms with Gasteiger partial charge in [0.1, 0.15) is 17.1 Å². The Balaban J connectivity index is 1.98. The molecule has 2 aliphatic rings. The minimum atomic E-state index is -0.416. The maximum absolute atomic E-state index is 10.3. The quantitative estimate of drug-likeness (QED) is 0.893. The largest absolute Gasteiger partial charge is 0.497 e. The van der Waals surface area contributed by atoms with Gasteiger partial charge < -0.3 is 14.6 Å². The molecule has 2 unspecified atom stereocenters. The van der Waals surface area contributed by atoms with Crippen LogP contribution in [0.25, 0.3) is 0 Å². The molecule has 3 rings (SSSR count). The third kappa shape index (κ3) is 1.77. The summed E-state index contributed by atoms with van der Waals surface area (Å²) in [4.78, 5) is 0. The van der Waals surface area contributed by atoms with E-state index in [0.29, 0.717) is 12.3 Å². The van der Waals surface area contributed by atoms with Crippen molar-refractivity contribution in [1.82, 2.24) is 0 Å². The topological polar surface area (TPSA) is 38.7 Å². The predicted molar refractivity (Wildman–Crippen MR) is 68.9 cm³/mol. The monoisotopic (exact) mass is 248 g/mol. The molecule has 1 N–H and O–H groups in total. The minimum Gasteiger partial charge on any atom is -0.497 e. The Labute approximate surface area is 108 Å². The van der Waals surface area contributed by atoms with E-state index in [1.807, 2.05) is 18.2 Å². The lowest BCUT2D eigenvalue weighted by Crippen LogP contribution is -2.42. The van der Waals surface area contributed by atoms with Gasteiger partial charge in [-0.2, -0.15) is 0 Å². The van der Waals surface area contributed by atoms with Gasteiger partial charge in [0.05, 0.1) is 13.2 Å². The average Bonchev–Trinajstić information content (AvgIpc) is 3.22. The van der Waals surface area contributed by atoms with Crippen LogP contribution in [0.4, 0.5) is 0 Å². The molecule has 1 heterocycles. The molecular formula is C15H20O3. The van der Waals surface area contributed by atoms with Gasteiger partial charge in [0.15, 0.2) is 0 Å². The van der Waals surface area contributed by atoms with Crippen LogP contribution in [-0.4, -0.2) is 17.8 Å². The van der Waals surface area contributed by atoms with E-state index in [0.717, 1.165) is 23.5 Å². The summed E-state index contributed by atoms with van der Waals surface area (Å²) in [5.41, 5.74) is 0.721. The third-order valence-corrected chi connectivity index (χ3v) is 4.35. The number of methoxy groups -OCH3 is 1. The van der Waals surface area contributed by atoms with Gasteiger partial charge in [0.25, 0.3) is 0 Å². The molecule has 0 radical (unpaired) electrons. The number of fused-ring (bicyclic) bond motifs is 1. The summed E-state index contributed by atoms with van der Waals surface area (Å²) in [5.74, 6) is 2.18. The Morgan fingerprint density at radius 2 is 2.22 bits per heavy atom. The van der Waals surface area contributed by atoms with E-state index < -0.39 is 6.10 Å². The van der Waals surface area contributed by atoms with Crippen LogP contribution in [0.1, 0.15) is 44.3 Å². The standard InChI is InChI=1S/C15H20O3/c1-3-15(10-4-5-10)9-13(16)12-7-6-11(17-2)8-14(12)18-15/h6-8,10,13,16H,3-5,9H2,1-2H3. The van der Waals surface area contributed by atoms with E-state index in [-0.39, 0.29) is 5.60 Å². The molecule has 0 spiro atoms. The van der Waals surface area contributed by atoms with E-state index in [9.17, 15) is 5.11 Å². The van der Waals surface area contributed by atoms with Crippen molar-refractivity contribution in [1.29, 1.82) is 0 Å². The van der Waals surface area contributed by atoms with Gasteiger partial charge in [-0.3, -0.25) is 0 Å². The van der Waals surface area contributed by atoms with E-state index in [1.54, 1.807) is 7.11 Å². The Bertz CT molecular complexity index is 453. The van der Waals surface area contributed by atoms with Crippen molar-refractivity contribution in [3.63, 3.8) is 0 Å². The van der Waals surface area contributed by atoms with E-state index in [4.69, 9.17) is 9.47 Å². The van der Waals surface area contributed by atoms with Crippen LogP contribution in [0.3, 0.4) is 0 Å². The van der Waals surface area contributed by atoms with Gasteiger partial charge in [0.2, 0.25) is 0 Å². The SMILES string of the molecule is CCC1(C2CC2)CC(O)c2ccc(OC)cc2O1. The van der Waals surface area contributed by atoms with Crippen molar-refractivity contribution in [3.8, 4) is 11.5 Å². The second-order valence-corrected chi connectivity index (χ2v) is 5.42. The third-order valence-electron chi connectivity index (χ3n) is 4.35. The molecule has 1 saturated carbocycles. The number of aliphatic hydroxyl groups is 1. The highest BCUT2D eigenvalue weighted by molar-refractivity contribution is 5.44. The van der Waals surface area contributed by atoms with Crippen molar-refractivity contribution < 1.29 is 14.6 Å². The van der Waals surface area contributed by atoms with Gasteiger partial charge >= 0.3 is 0 Å². The summed E-state index contributed by atoms with van der Waals surface area (Å²) >= 11 is 0. The number of hydrogen-bond acceptors (Lipinski definition) is 3. The Kier molecular flexibility index (Phi) is 2.74. The number of aliphatic hydroxyl groups excluding tert-OH is 1. The predicted octanol–water partition coefficient (Wildman–Crippen LogP) is 3.07. The smallest absolute Gasteiger partial charge is 0.129 e. The summed E-state index contributed by atoms with van der Waals surface area (Å²) in [6.45, 7) is 2.15. The normalized spacial score (nSPS) is 30.5. The van der Waals surface area contributed by atoms with E-state index in [1.165, 1.54) is 12.8 Å². The molecular weight excluding hydrogens is 228 g/mol. The van der Waals surface area contributed by atoms with E-state index >= 15 is 0 Å². The van der Waals surface area contributed by atoms with Crippen molar-refractivity contribution in [2.75, 3.05) is 7.11 Å². The Hall–Kier alpha value is -1.22. The molecule has 1 aliphatic heterocycles. The van der Waals surface area contributed by atoms with Crippen LogP contribution in [0.2, 0.25) is 0 Å². The molecule has 1 fully saturated rings. The zero-order valence-electron chi connectivity index (χ0n) is 11.0. The zero-order valence-corrected chi connectivity index (χ0v) is 11.0. The molecule has 98 valence electrons. The number of benzene rings is 1. The minimum absolute atomic E-state index is 0.168. The average molecular weight is 248 g/mol. The maximum Gasteiger partial charge on any atom is 0.129 e. The second kappa shape index (κ2) is 4.16. The first-order valence-corrected chi connectivity index (χ1v) is 6.73. The Morgan fingerprint density at radius 1 is 1.44 bits per heavy atom.